The maximum absolute atomic E-state index is 12.3. The molecule has 0 aliphatic heterocycles. The molecule has 0 aliphatic rings. The Morgan fingerprint density at radius 2 is 1.88 bits per heavy atom. The van der Waals surface area contributed by atoms with Crippen molar-refractivity contribution in [2.24, 2.45) is 5.10 Å². The van der Waals surface area contributed by atoms with Gasteiger partial charge in [-0.2, -0.15) is 5.10 Å². The van der Waals surface area contributed by atoms with Crippen molar-refractivity contribution in [3.63, 3.8) is 0 Å². The van der Waals surface area contributed by atoms with E-state index < -0.39 is 0 Å². The first kappa shape index (κ1) is 22.3. The number of aromatic nitrogens is 3. The fraction of sp³-hybridized carbons (Fsp3) is 0.130. The maximum atomic E-state index is 12.3. The minimum Gasteiger partial charge on any atom is -0.272 e. The third-order valence-electron chi connectivity index (χ3n) is 4.63. The van der Waals surface area contributed by atoms with Crippen molar-refractivity contribution in [1.29, 1.82) is 0 Å². The summed E-state index contributed by atoms with van der Waals surface area (Å²) in [6, 6.07) is 17.5. The standard InChI is InChI=1S/C23H20ClN5OS2/c1-15-3-9-19(10-4-15)29-22(17-5-7-18(24)8-6-17)27-28-23(29)32-14-21(30)26-25-13-20-16(2)11-12-31-20/h3-13H,14H2,1-2H3,(H,26,30)/b25-13-. The number of nitrogens with zero attached hydrogens (tertiary/aromatic N) is 4. The number of thiophene rings is 1. The van der Waals surface area contributed by atoms with Gasteiger partial charge in [0.2, 0.25) is 0 Å². The summed E-state index contributed by atoms with van der Waals surface area (Å²) in [5.41, 5.74) is 6.66. The van der Waals surface area contributed by atoms with Crippen LogP contribution in [0.1, 0.15) is 16.0 Å². The van der Waals surface area contributed by atoms with Gasteiger partial charge in [-0.3, -0.25) is 9.36 Å². The van der Waals surface area contributed by atoms with Crippen molar-refractivity contribution in [1.82, 2.24) is 20.2 Å². The Morgan fingerprint density at radius 1 is 1.12 bits per heavy atom. The minimum absolute atomic E-state index is 0.158. The molecule has 0 radical (unpaired) electrons. The smallest absolute Gasteiger partial charge is 0.250 e. The number of carbonyl (C=O) groups excluding carboxylic acids is 1. The Kier molecular flexibility index (Phi) is 7.04. The number of hydrogen-bond donors (Lipinski definition) is 1. The second-order valence-electron chi connectivity index (χ2n) is 7.03. The Bertz CT molecular complexity index is 1250. The number of thioether (sulfide) groups is 1. The van der Waals surface area contributed by atoms with Gasteiger partial charge in [-0.15, -0.1) is 21.5 Å². The number of amides is 1. The van der Waals surface area contributed by atoms with Crippen molar-refractivity contribution in [3.05, 3.63) is 81.0 Å². The maximum Gasteiger partial charge on any atom is 0.250 e. The van der Waals surface area contributed by atoms with Gasteiger partial charge in [-0.1, -0.05) is 41.1 Å². The molecule has 4 rings (SSSR count). The molecule has 6 nitrogen and oxygen atoms in total. The highest BCUT2D eigenvalue weighted by atomic mass is 35.5. The highest BCUT2D eigenvalue weighted by Gasteiger charge is 2.17. The van der Waals surface area contributed by atoms with Crippen LogP contribution in [0.3, 0.4) is 0 Å². The third-order valence-corrected chi connectivity index (χ3v) is 6.77. The van der Waals surface area contributed by atoms with Crippen LogP contribution in [0.4, 0.5) is 0 Å². The molecular weight excluding hydrogens is 462 g/mol. The third kappa shape index (κ3) is 5.27. The summed E-state index contributed by atoms with van der Waals surface area (Å²) in [6.45, 7) is 4.04. The van der Waals surface area contributed by atoms with Gasteiger partial charge in [0, 0.05) is 21.2 Å². The van der Waals surface area contributed by atoms with Crippen molar-refractivity contribution >= 4 is 46.8 Å². The molecule has 4 aromatic rings. The van der Waals surface area contributed by atoms with E-state index in [-0.39, 0.29) is 11.7 Å². The molecule has 0 unspecified atom stereocenters. The summed E-state index contributed by atoms with van der Waals surface area (Å²) in [7, 11) is 0. The topological polar surface area (TPSA) is 72.2 Å². The molecule has 0 bridgehead atoms. The molecule has 0 aliphatic carbocycles. The van der Waals surface area contributed by atoms with Crippen LogP contribution in [0.5, 0.6) is 0 Å². The molecule has 32 heavy (non-hydrogen) atoms. The number of halogens is 1. The van der Waals surface area contributed by atoms with Crippen LogP contribution < -0.4 is 5.43 Å². The van der Waals surface area contributed by atoms with Gasteiger partial charge in [0.1, 0.15) is 0 Å². The van der Waals surface area contributed by atoms with E-state index in [1.807, 2.05) is 78.4 Å². The van der Waals surface area contributed by atoms with Crippen LogP contribution in [0.2, 0.25) is 5.02 Å². The number of benzene rings is 2. The fourth-order valence-corrected chi connectivity index (χ4v) is 4.57. The van der Waals surface area contributed by atoms with Gasteiger partial charge in [-0.05, 0) is 67.3 Å². The highest BCUT2D eigenvalue weighted by molar-refractivity contribution is 7.99. The lowest BCUT2D eigenvalue weighted by atomic mass is 10.2. The van der Waals surface area contributed by atoms with Crippen molar-refractivity contribution in [3.8, 4) is 17.1 Å². The van der Waals surface area contributed by atoms with Crippen LogP contribution in [-0.4, -0.2) is 32.6 Å². The first-order chi connectivity index (χ1) is 15.5. The molecular formula is C23H20ClN5OS2. The van der Waals surface area contributed by atoms with E-state index in [9.17, 15) is 4.79 Å². The van der Waals surface area contributed by atoms with Gasteiger partial charge in [0.25, 0.3) is 5.91 Å². The van der Waals surface area contributed by atoms with E-state index in [4.69, 9.17) is 11.6 Å². The van der Waals surface area contributed by atoms with Crippen LogP contribution in [-0.2, 0) is 4.79 Å². The number of rotatable bonds is 7. The first-order valence-electron chi connectivity index (χ1n) is 9.78. The molecule has 0 fully saturated rings. The van der Waals surface area contributed by atoms with E-state index in [1.54, 1.807) is 17.6 Å². The number of carbonyl (C=O) groups is 1. The lowest BCUT2D eigenvalue weighted by molar-refractivity contribution is -0.118. The predicted molar refractivity (Wildman–Crippen MR) is 132 cm³/mol. The van der Waals surface area contributed by atoms with Gasteiger partial charge < -0.3 is 0 Å². The summed E-state index contributed by atoms with van der Waals surface area (Å²) in [4.78, 5) is 13.3. The zero-order valence-corrected chi connectivity index (χ0v) is 19.8. The Morgan fingerprint density at radius 3 is 2.56 bits per heavy atom. The second kappa shape index (κ2) is 10.1. The Labute approximate surface area is 199 Å². The second-order valence-corrected chi connectivity index (χ2v) is 9.36. The molecule has 1 amide bonds. The quantitative estimate of drug-likeness (QED) is 0.214. The predicted octanol–water partition coefficient (Wildman–Crippen LogP) is 5.51. The largest absolute Gasteiger partial charge is 0.272 e. The minimum atomic E-state index is -0.216. The van der Waals surface area contributed by atoms with Gasteiger partial charge in [0.15, 0.2) is 11.0 Å². The molecule has 162 valence electrons. The van der Waals surface area contributed by atoms with Gasteiger partial charge in [0.05, 0.1) is 12.0 Å². The molecule has 0 saturated carbocycles. The van der Waals surface area contributed by atoms with Gasteiger partial charge >= 0.3 is 0 Å². The van der Waals surface area contributed by atoms with Crippen molar-refractivity contribution in [2.45, 2.75) is 19.0 Å². The highest BCUT2D eigenvalue weighted by Crippen LogP contribution is 2.28. The summed E-state index contributed by atoms with van der Waals surface area (Å²) >= 11 is 8.93. The van der Waals surface area contributed by atoms with E-state index in [0.29, 0.717) is 16.0 Å². The lowest BCUT2D eigenvalue weighted by Gasteiger charge is -2.10. The number of hydrogen-bond acceptors (Lipinski definition) is 6. The summed E-state index contributed by atoms with van der Waals surface area (Å²) in [5.74, 6) is 0.623. The van der Waals surface area contributed by atoms with E-state index in [2.05, 4.69) is 20.7 Å². The molecule has 2 aromatic heterocycles. The number of hydrazone groups is 1. The Balaban J connectivity index is 1.53. The molecule has 0 atom stereocenters. The van der Waals surface area contributed by atoms with Gasteiger partial charge in [-0.25, -0.2) is 5.43 Å². The Hall–Kier alpha value is -2.94. The number of aryl methyl sites for hydroxylation is 2. The normalized spacial score (nSPS) is 11.2. The SMILES string of the molecule is Cc1ccc(-n2c(SCC(=O)N/N=C\c3sccc3C)nnc2-c2ccc(Cl)cc2)cc1. The molecule has 2 heterocycles. The molecule has 0 saturated heterocycles. The van der Waals surface area contributed by atoms with Crippen molar-refractivity contribution in [2.75, 3.05) is 5.75 Å². The summed E-state index contributed by atoms with van der Waals surface area (Å²) in [5, 5.41) is 16.0. The summed E-state index contributed by atoms with van der Waals surface area (Å²) in [6.07, 6.45) is 1.66. The molecule has 9 heteroatoms. The van der Waals surface area contributed by atoms with E-state index in [1.165, 1.54) is 11.8 Å². The molecule has 2 aromatic carbocycles. The van der Waals surface area contributed by atoms with E-state index >= 15 is 0 Å². The average Bonchev–Trinajstić information content (AvgIpc) is 3.40. The summed E-state index contributed by atoms with van der Waals surface area (Å²) < 4.78 is 1.94. The van der Waals surface area contributed by atoms with Crippen LogP contribution in [0.25, 0.3) is 17.1 Å². The van der Waals surface area contributed by atoms with Crippen LogP contribution in [0, 0.1) is 13.8 Å². The molecule has 0 spiro atoms. The average molecular weight is 482 g/mol. The zero-order chi connectivity index (χ0) is 22.5. The number of nitrogens with one attached hydrogen (secondary N) is 1. The fourth-order valence-electron chi connectivity index (χ4n) is 2.92. The monoisotopic (exact) mass is 481 g/mol. The lowest BCUT2D eigenvalue weighted by Crippen LogP contribution is -2.20. The van der Waals surface area contributed by atoms with Crippen molar-refractivity contribution < 1.29 is 4.79 Å². The first-order valence-corrected chi connectivity index (χ1v) is 12.0. The zero-order valence-electron chi connectivity index (χ0n) is 17.4. The van der Waals surface area contributed by atoms with E-state index in [0.717, 1.165) is 27.3 Å². The molecule has 1 N–H and O–H groups in total. The van der Waals surface area contributed by atoms with Crippen LogP contribution >= 0.6 is 34.7 Å². The van der Waals surface area contributed by atoms with Crippen LogP contribution in [0.15, 0.2) is 70.2 Å².